The Bertz CT molecular complexity index is 748. The van der Waals surface area contributed by atoms with Crippen molar-refractivity contribution >= 4 is 5.82 Å². The van der Waals surface area contributed by atoms with Gasteiger partial charge in [-0.15, -0.1) is 0 Å². The van der Waals surface area contributed by atoms with Crippen LogP contribution in [0.5, 0.6) is 0 Å². The molecule has 0 aliphatic rings. The average molecular weight is 267 g/mol. The zero-order valence-corrected chi connectivity index (χ0v) is 11.0. The number of anilines is 1. The highest BCUT2D eigenvalue weighted by Crippen LogP contribution is 2.36. The highest BCUT2D eigenvalue weighted by atomic mass is 19.1. The summed E-state index contributed by atoms with van der Waals surface area (Å²) in [6, 6.07) is 14.4. The molecular weight excluding hydrogens is 253 g/mol. The molecule has 20 heavy (non-hydrogen) atoms. The molecule has 0 fully saturated rings. The van der Waals surface area contributed by atoms with Gasteiger partial charge in [0.25, 0.3) is 0 Å². The summed E-state index contributed by atoms with van der Waals surface area (Å²) in [7, 11) is 0. The Balaban J connectivity index is 2.24. The maximum atomic E-state index is 13.5. The van der Waals surface area contributed by atoms with Crippen molar-refractivity contribution in [3.8, 4) is 22.4 Å². The molecule has 0 atom stereocenters. The van der Waals surface area contributed by atoms with E-state index >= 15 is 0 Å². The first-order valence-electron chi connectivity index (χ1n) is 6.32. The van der Waals surface area contributed by atoms with Gasteiger partial charge in [0.1, 0.15) is 5.82 Å². The second kappa shape index (κ2) is 4.81. The van der Waals surface area contributed by atoms with E-state index in [-0.39, 0.29) is 5.82 Å². The molecular formula is C16H14FN3. The molecule has 2 aromatic carbocycles. The standard InChI is InChI=1S/C16H14FN3/c1-10-7-8-12(17)9-13(10)15-14(16(18)20-19-15)11-5-3-2-4-6-11/h2-9H,1H3,(H3,18,19,20). The zero-order valence-electron chi connectivity index (χ0n) is 11.0. The normalized spacial score (nSPS) is 10.7. The fraction of sp³-hybridized carbons (Fsp3) is 0.0625. The molecule has 0 unspecified atom stereocenters. The van der Waals surface area contributed by atoms with Crippen LogP contribution in [-0.4, -0.2) is 10.2 Å². The summed E-state index contributed by atoms with van der Waals surface area (Å²) < 4.78 is 13.5. The molecule has 0 aliphatic carbocycles. The van der Waals surface area contributed by atoms with Gasteiger partial charge in [-0.05, 0) is 30.2 Å². The van der Waals surface area contributed by atoms with Crippen LogP contribution in [0, 0.1) is 12.7 Å². The molecule has 4 heteroatoms. The van der Waals surface area contributed by atoms with Crippen molar-refractivity contribution < 1.29 is 4.39 Å². The monoisotopic (exact) mass is 267 g/mol. The third-order valence-electron chi connectivity index (χ3n) is 3.33. The Hall–Kier alpha value is -2.62. The van der Waals surface area contributed by atoms with Gasteiger partial charge in [0, 0.05) is 5.56 Å². The minimum Gasteiger partial charge on any atom is -0.382 e. The van der Waals surface area contributed by atoms with Gasteiger partial charge in [0.05, 0.1) is 11.3 Å². The van der Waals surface area contributed by atoms with Gasteiger partial charge in [-0.1, -0.05) is 36.4 Å². The maximum Gasteiger partial charge on any atom is 0.153 e. The molecule has 0 bridgehead atoms. The van der Waals surface area contributed by atoms with Gasteiger partial charge in [0.15, 0.2) is 5.82 Å². The number of aromatic nitrogens is 2. The molecule has 0 spiro atoms. The summed E-state index contributed by atoms with van der Waals surface area (Å²) in [4.78, 5) is 0. The van der Waals surface area contributed by atoms with Crippen LogP contribution >= 0.6 is 0 Å². The molecule has 0 aliphatic heterocycles. The smallest absolute Gasteiger partial charge is 0.153 e. The first kappa shape index (κ1) is 12.4. The summed E-state index contributed by atoms with van der Waals surface area (Å²) in [5.41, 5.74) is 10.2. The molecule has 0 saturated heterocycles. The number of hydrogen-bond acceptors (Lipinski definition) is 2. The van der Waals surface area contributed by atoms with E-state index in [1.165, 1.54) is 12.1 Å². The Morgan fingerprint density at radius 2 is 1.85 bits per heavy atom. The van der Waals surface area contributed by atoms with Crippen LogP contribution in [0.3, 0.4) is 0 Å². The minimum atomic E-state index is -0.280. The number of aromatic amines is 1. The topological polar surface area (TPSA) is 54.7 Å². The number of nitrogen functional groups attached to an aromatic ring is 1. The van der Waals surface area contributed by atoms with Gasteiger partial charge in [-0.25, -0.2) is 4.39 Å². The predicted octanol–water partition coefficient (Wildman–Crippen LogP) is 3.77. The van der Waals surface area contributed by atoms with Crippen LogP contribution in [0.1, 0.15) is 5.56 Å². The van der Waals surface area contributed by atoms with Crippen LogP contribution in [0.2, 0.25) is 0 Å². The van der Waals surface area contributed by atoms with Crippen LogP contribution in [-0.2, 0) is 0 Å². The lowest BCUT2D eigenvalue weighted by Gasteiger charge is -2.07. The van der Waals surface area contributed by atoms with Crippen LogP contribution in [0.15, 0.2) is 48.5 Å². The second-order valence-electron chi connectivity index (χ2n) is 4.68. The lowest BCUT2D eigenvalue weighted by Crippen LogP contribution is -1.90. The number of nitrogens with zero attached hydrogens (tertiary/aromatic N) is 1. The van der Waals surface area contributed by atoms with Crippen molar-refractivity contribution in [1.82, 2.24) is 10.2 Å². The van der Waals surface area contributed by atoms with Crippen LogP contribution in [0.25, 0.3) is 22.4 Å². The third kappa shape index (κ3) is 2.05. The van der Waals surface area contributed by atoms with Gasteiger partial charge in [-0.3, -0.25) is 5.10 Å². The molecule has 0 amide bonds. The number of nitrogens with one attached hydrogen (secondary N) is 1. The lowest BCUT2D eigenvalue weighted by molar-refractivity contribution is 0.628. The molecule has 3 nitrogen and oxygen atoms in total. The van der Waals surface area contributed by atoms with E-state index in [0.29, 0.717) is 5.82 Å². The Morgan fingerprint density at radius 1 is 1.10 bits per heavy atom. The van der Waals surface area contributed by atoms with Crippen molar-refractivity contribution in [3.63, 3.8) is 0 Å². The summed E-state index contributed by atoms with van der Waals surface area (Å²) in [5.74, 6) is 0.132. The summed E-state index contributed by atoms with van der Waals surface area (Å²) >= 11 is 0. The Kier molecular flexibility index (Phi) is 2.99. The number of rotatable bonds is 2. The average Bonchev–Trinajstić information content (AvgIpc) is 2.84. The SMILES string of the molecule is Cc1ccc(F)cc1-c1[nH]nc(N)c1-c1ccccc1. The van der Waals surface area contributed by atoms with Crippen molar-refractivity contribution in [2.24, 2.45) is 0 Å². The second-order valence-corrected chi connectivity index (χ2v) is 4.68. The van der Waals surface area contributed by atoms with Crippen molar-refractivity contribution in [2.45, 2.75) is 6.92 Å². The van der Waals surface area contributed by atoms with E-state index in [1.54, 1.807) is 6.07 Å². The van der Waals surface area contributed by atoms with Crippen molar-refractivity contribution in [2.75, 3.05) is 5.73 Å². The number of hydrogen-bond donors (Lipinski definition) is 2. The van der Waals surface area contributed by atoms with Gasteiger partial charge in [0.2, 0.25) is 0 Å². The number of benzene rings is 2. The number of aryl methyl sites for hydroxylation is 1. The van der Waals surface area contributed by atoms with Crippen LogP contribution in [0.4, 0.5) is 10.2 Å². The Labute approximate surface area is 116 Å². The van der Waals surface area contributed by atoms with E-state index in [0.717, 1.165) is 27.9 Å². The van der Waals surface area contributed by atoms with Crippen molar-refractivity contribution in [1.29, 1.82) is 0 Å². The highest BCUT2D eigenvalue weighted by molar-refractivity contribution is 5.88. The molecule has 1 heterocycles. The number of halogens is 1. The molecule has 0 radical (unpaired) electrons. The van der Waals surface area contributed by atoms with E-state index in [4.69, 9.17) is 5.73 Å². The Morgan fingerprint density at radius 3 is 2.60 bits per heavy atom. The summed E-state index contributed by atoms with van der Waals surface area (Å²) in [6.07, 6.45) is 0. The third-order valence-corrected chi connectivity index (χ3v) is 3.33. The summed E-state index contributed by atoms with van der Waals surface area (Å²) in [6.45, 7) is 1.93. The predicted molar refractivity (Wildman–Crippen MR) is 78.6 cm³/mol. The van der Waals surface area contributed by atoms with Crippen molar-refractivity contribution in [3.05, 3.63) is 59.9 Å². The largest absolute Gasteiger partial charge is 0.382 e. The highest BCUT2D eigenvalue weighted by Gasteiger charge is 2.16. The molecule has 100 valence electrons. The van der Waals surface area contributed by atoms with Gasteiger partial charge < -0.3 is 5.73 Å². The first-order valence-corrected chi connectivity index (χ1v) is 6.32. The minimum absolute atomic E-state index is 0.280. The lowest BCUT2D eigenvalue weighted by atomic mass is 9.98. The molecule has 3 aromatic rings. The van der Waals surface area contributed by atoms with E-state index < -0.39 is 0 Å². The fourth-order valence-corrected chi connectivity index (χ4v) is 2.31. The maximum absolute atomic E-state index is 13.5. The van der Waals surface area contributed by atoms with E-state index in [9.17, 15) is 4.39 Å². The quantitative estimate of drug-likeness (QED) is 0.742. The van der Waals surface area contributed by atoms with Crippen LogP contribution < -0.4 is 5.73 Å². The summed E-state index contributed by atoms with van der Waals surface area (Å²) in [5, 5.41) is 6.99. The first-order chi connectivity index (χ1) is 9.66. The fourth-order valence-electron chi connectivity index (χ4n) is 2.31. The van der Waals surface area contributed by atoms with Gasteiger partial charge in [-0.2, -0.15) is 5.10 Å². The number of nitrogens with two attached hydrogens (primary N) is 1. The zero-order chi connectivity index (χ0) is 14.1. The van der Waals surface area contributed by atoms with E-state index in [1.807, 2.05) is 37.3 Å². The molecule has 0 saturated carbocycles. The molecule has 3 N–H and O–H groups in total. The van der Waals surface area contributed by atoms with Gasteiger partial charge >= 0.3 is 0 Å². The molecule has 3 rings (SSSR count). The number of H-pyrrole nitrogens is 1. The molecule has 1 aromatic heterocycles. The van der Waals surface area contributed by atoms with E-state index in [2.05, 4.69) is 10.2 Å².